The van der Waals surface area contributed by atoms with Crippen molar-refractivity contribution in [3.8, 4) is 0 Å². The third-order valence-corrected chi connectivity index (χ3v) is 5.02. The van der Waals surface area contributed by atoms with Gasteiger partial charge in [-0.1, -0.05) is 18.7 Å². The van der Waals surface area contributed by atoms with Gasteiger partial charge in [-0.2, -0.15) is 5.10 Å². The monoisotopic (exact) mass is 307 g/mol. The van der Waals surface area contributed by atoms with Gasteiger partial charge in [-0.25, -0.2) is 0 Å². The van der Waals surface area contributed by atoms with Crippen LogP contribution in [0.3, 0.4) is 0 Å². The van der Waals surface area contributed by atoms with Gasteiger partial charge in [0.1, 0.15) is 0 Å². The number of carbonyl (C=O) groups excluding carboxylic acids is 1. The lowest BCUT2D eigenvalue weighted by molar-refractivity contribution is 0.0693. The summed E-state index contributed by atoms with van der Waals surface area (Å²) in [6.07, 6.45) is 1.81. The van der Waals surface area contributed by atoms with Gasteiger partial charge in [0.25, 0.3) is 5.91 Å². The highest BCUT2D eigenvalue weighted by Crippen LogP contribution is 2.24. The molecule has 0 bridgehead atoms. The third-order valence-electron chi connectivity index (χ3n) is 3.87. The Labute approximate surface area is 129 Å². The van der Waals surface area contributed by atoms with Gasteiger partial charge < -0.3 is 9.80 Å². The SMILES string of the molecule is Cc1nn(C)cc1C(=O)N1CCN(C2=NC[C@H](C)S2)CC1. The molecule has 6 nitrogen and oxygen atoms in total. The number of hydrogen-bond acceptors (Lipinski definition) is 5. The first kappa shape index (κ1) is 14.4. The fraction of sp³-hybridized carbons (Fsp3) is 0.643. The predicted molar refractivity (Wildman–Crippen MR) is 84.8 cm³/mol. The Kier molecular flexibility index (Phi) is 3.93. The van der Waals surface area contributed by atoms with Crippen LogP contribution in [0.25, 0.3) is 0 Å². The fourth-order valence-electron chi connectivity index (χ4n) is 2.72. The van der Waals surface area contributed by atoms with Crippen molar-refractivity contribution in [3.05, 3.63) is 17.5 Å². The second-order valence-electron chi connectivity index (χ2n) is 5.63. The smallest absolute Gasteiger partial charge is 0.257 e. The molecule has 0 aliphatic carbocycles. The highest BCUT2D eigenvalue weighted by Gasteiger charge is 2.28. The lowest BCUT2D eigenvalue weighted by Crippen LogP contribution is -2.49. The van der Waals surface area contributed by atoms with Crippen molar-refractivity contribution < 1.29 is 4.79 Å². The van der Waals surface area contributed by atoms with Crippen LogP contribution < -0.4 is 0 Å². The van der Waals surface area contributed by atoms with Crippen molar-refractivity contribution in [2.24, 2.45) is 12.0 Å². The van der Waals surface area contributed by atoms with Crippen molar-refractivity contribution >= 4 is 22.8 Å². The lowest BCUT2D eigenvalue weighted by Gasteiger charge is -2.35. The summed E-state index contributed by atoms with van der Waals surface area (Å²) in [5.74, 6) is 0.0923. The van der Waals surface area contributed by atoms with E-state index < -0.39 is 0 Å². The third kappa shape index (κ3) is 2.92. The van der Waals surface area contributed by atoms with Gasteiger partial charge in [-0.3, -0.25) is 14.5 Å². The van der Waals surface area contributed by atoms with E-state index in [0.29, 0.717) is 10.8 Å². The molecular weight excluding hydrogens is 286 g/mol. The second kappa shape index (κ2) is 5.71. The summed E-state index contributed by atoms with van der Waals surface area (Å²) in [6, 6.07) is 0. The second-order valence-corrected chi connectivity index (χ2v) is 7.04. The van der Waals surface area contributed by atoms with E-state index in [2.05, 4.69) is 21.9 Å². The molecule has 0 spiro atoms. The molecule has 1 aromatic rings. The predicted octanol–water partition coefficient (Wildman–Crippen LogP) is 0.978. The first-order valence-corrected chi connectivity index (χ1v) is 8.18. The zero-order chi connectivity index (χ0) is 15.0. The van der Waals surface area contributed by atoms with Gasteiger partial charge in [0.15, 0.2) is 5.17 Å². The van der Waals surface area contributed by atoms with Crippen LogP contribution in [0.1, 0.15) is 23.0 Å². The number of amides is 1. The number of aromatic nitrogens is 2. The van der Waals surface area contributed by atoms with Gasteiger partial charge in [-0.05, 0) is 6.92 Å². The van der Waals surface area contributed by atoms with E-state index in [-0.39, 0.29) is 5.91 Å². The van der Waals surface area contributed by atoms with Crippen LogP contribution in [0.15, 0.2) is 11.2 Å². The molecule has 0 unspecified atom stereocenters. The molecule has 21 heavy (non-hydrogen) atoms. The Bertz CT molecular complexity index is 574. The maximum Gasteiger partial charge on any atom is 0.257 e. The van der Waals surface area contributed by atoms with Crippen LogP contribution >= 0.6 is 11.8 Å². The summed E-state index contributed by atoms with van der Waals surface area (Å²) in [5.41, 5.74) is 1.52. The summed E-state index contributed by atoms with van der Waals surface area (Å²) in [4.78, 5) is 21.3. The summed E-state index contributed by atoms with van der Waals surface area (Å²) in [5, 5.41) is 5.98. The molecule has 1 atom stereocenters. The maximum absolute atomic E-state index is 12.5. The Balaban J connectivity index is 1.61. The van der Waals surface area contributed by atoms with Crippen molar-refractivity contribution in [3.63, 3.8) is 0 Å². The number of piperazine rings is 1. The Morgan fingerprint density at radius 2 is 2.05 bits per heavy atom. The first-order valence-electron chi connectivity index (χ1n) is 7.30. The Morgan fingerprint density at radius 1 is 1.33 bits per heavy atom. The van der Waals surface area contributed by atoms with E-state index in [0.717, 1.165) is 43.6 Å². The summed E-state index contributed by atoms with van der Waals surface area (Å²) in [7, 11) is 1.85. The van der Waals surface area contributed by atoms with Crippen LogP contribution in [0, 0.1) is 6.92 Å². The molecule has 2 aliphatic rings. The first-order chi connectivity index (χ1) is 10.0. The molecule has 1 amide bonds. The number of aryl methyl sites for hydroxylation is 2. The zero-order valence-corrected chi connectivity index (χ0v) is 13.6. The summed E-state index contributed by atoms with van der Waals surface area (Å²) >= 11 is 1.84. The van der Waals surface area contributed by atoms with E-state index in [1.165, 1.54) is 0 Å². The van der Waals surface area contributed by atoms with Gasteiger partial charge in [0.05, 0.1) is 17.8 Å². The molecule has 1 fully saturated rings. The topological polar surface area (TPSA) is 53.7 Å². The van der Waals surface area contributed by atoms with E-state index in [1.54, 1.807) is 4.68 Å². The van der Waals surface area contributed by atoms with E-state index in [4.69, 9.17) is 0 Å². The molecule has 1 saturated heterocycles. The van der Waals surface area contributed by atoms with Crippen LogP contribution in [-0.4, -0.2) is 68.6 Å². The van der Waals surface area contributed by atoms with Crippen molar-refractivity contribution in [2.75, 3.05) is 32.7 Å². The normalized spacial score (nSPS) is 22.6. The van der Waals surface area contributed by atoms with Gasteiger partial charge in [-0.15, -0.1) is 0 Å². The lowest BCUT2D eigenvalue weighted by atomic mass is 10.2. The molecule has 2 aliphatic heterocycles. The van der Waals surface area contributed by atoms with Crippen molar-refractivity contribution in [2.45, 2.75) is 19.1 Å². The standard InChI is InChI=1S/C14H21N5OS/c1-10-8-15-14(21-10)19-6-4-18(5-7-19)13(20)12-9-17(3)16-11(12)2/h9-10H,4-8H2,1-3H3/t10-/m0/s1. The minimum absolute atomic E-state index is 0.0923. The maximum atomic E-state index is 12.5. The number of carbonyl (C=O) groups is 1. The average molecular weight is 307 g/mol. The molecule has 3 rings (SSSR count). The fourth-order valence-corrected chi connectivity index (χ4v) is 3.71. The average Bonchev–Trinajstić information content (AvgIpc) is 3.04. The molecule has 7 heteroatoms. The highest BCUT2D eigenvalue weighted by atomic mass is 32.2. The van der Waals surface area contributed by atoms with Crippen molar-refractivity contribution in [1.29, 1.82) is 0 Å². The highest BCUT2D eigenvalue weighted by molar-refractivity contribution is 8.14. The van der Waals surface area contributed by atoms with Gasteiger partial charge >= 0.3 is 0 Å². The Hall–Kier alpha value is -1.50. The quantitative estimate of drug-likeness (QED) is 0.776. The van der Waals surface area contributed by atoms with E-state index in [1.807, 2.05) is 36.8 Å². The molecule has 0 N–H and O–H groups in total. The molecule has 1 aromatic heterocycles. The van der Waals surface area contributed by atoms with Crippen LogP contribution in [0.2, 0.25) is 0 Å². The number of aliphatic imine (C=N–C) groups is 1. The van der Waals surface area contributed by atoms with Crippen LogP contribution in [-0.2, 0) is 7.05 Å². The Morgan fingerprint density at radius 3 is 2.57 bits per heavy atom. The van der Waals surface area contributed by atoms with E-state index in [9.17, 15) is 4.79 Å². The number of thioether (sulfide) groups is 1. The molecule has 0 saturated carbocycles. The summed E-state index contributed by atoms with van der Waals surface area (Å²) in [6.45, 7) is 8.23. The largest absolute Gasteiger partial charge is 0.348 e. The number of hydrogen-bond donors (Lipinski definition) is 0. The minimum atomic E-state index is 0.0923. The van der Waals surface area contributed by atoms with Crippen LogP contribution in [0.5, 0.6) is 0 Å². The van der Waals surface area contributed by atoms with Gasteiger partial charge in [0.2, 0.25) is 0 Å². The minimum Gasteiger partial charge on any atom is -0.348 e. The molecule has 0 radical (unpaired) electrons. The molecule has 114 valence electrons. The molecule has 0 aromatic carbocycles. The van der Waals surface area contributed by atoms with Crippen molar-refractivity contribution in [1.82, 2.24) is 19.6 Å². The molecular formula is C14H21N5OS. The molecule has 3 heterocycles. The zero-order valence-electron chi connectivity index (χ0n) is 12.7. The van der Waals surface area contributed by atoms with Crippen LogP contribution in [0.4, 0.5) is 0 Å². The van der Waals surface area contributed by atoms with Gasteiger partial charge in [0, 0.05) is 44.7 Å². The number of rotatable bonds is 1. The van der Waals surface area contributed by atoms with E-state index >= 15 is 0 Å². The summed E-state index contributed by atoms with van der Waals surface area (Å²) < 4.78 is 1.70. The number of amidine groups is 1. The number of nitrogens with zero attached hydrogens (tertiary/aromatic N) is 5.